The van der Waals surface area contributed by atoms with Crippen LogP contribution in [0.15, 0.2) is 29.8 Å². The molecule has 4 rings (SSSR count). The SMILES string of the molecule is CN1C(=O)C(=C2c3cc([N+](=O)[O-])cc([N+](=O)[O-])c3-c3c2cc([N+](=O)[O-])cc3[N+](=O)[O-])C(=S)N(C)C1=O. The molecular formula is C19H10N6O10S. The molecule has 182 valence electrons. The first-order chi connectivity index (χ1) is 16.8. The van der Waals surface area contributed by atoms with Gasteiger partial charge in [0.05, 0.1) is 48.5 Å². The van der Waals surface area contributed by atoms with Crippen LogP contribution in [-0.2, 0) is 4.79 Å². The molecule has 0 aromatic heterocycles. The van der Waals surface area contributed by atoms with E-state index in [2.05, 4.69) is 0 Å². The lowest BCUT2D eigenvalue weighted by Gasteiger charge is -2.32. The zero-order valence-corrected chi connectivity index (χ0v) is 18.8. The number of amides is 3. The van der Waals surface area contributed by atoms with Crippen molar-refractivity contribution < 1.29 is 29.3 Å². The van der Waals surface area contributed by atoms with Crippen LogP contribution in [0, 0.1) is 40.5 Å². The van der Waals surface area contributed by atoms with Gasteiger partial charge in [0.1, 0.15) is 4.99 Å². The number of carbonyl (C=O) groups excluding carboxylic acids is 2. The summed E-state index contributed by atoms with van der Waals surface area (Å²) in [6, 6.07) is 2.05. The minimum absolute atomic E-state index is 0.347. The molecule has 1 fully saturated rings. The van der Waals surface area contributed by atoms with Crippen LogP contribution in [0.3, 0.4) is 0 Å². The van der Waals surface area contributed by atoms with Crippen molar-refractivity contribution in [3.05, 3.63) is 81.4 Å². The Balaban J connectivity index is 2.30. The molecule has 2 aliphatic rings. The molecular weight excluding hydrogens is 504 g/mol. The smallest absolute Gasteiger partial charge is 0.287 e. The second-order valence-corrected chi connectivity index (χ2v) is 7.95. The first-order valence-electron chi connectivity index (χ1n) is 9.57. The number of thiocarbonyl (C=S) groups is 1. The van der Waals surface area contributed by atoms with Crippen molar-refractivity contribution >= 4 is 57.5 Å². The van der Waals surface area contributed by atoms with Gasteiger partial charge in [0.15, 0.2) is 0 Å². The van der Waals surface area contributed by atoms with E-state index in [0.29, 0.717) is 17.0 Å². The molecule has 0 spiro atoms. The summed E-state index contributed by atoms with van der Waals surface area (Å²) in [5.41, 5.74) is -5.78. The van der Waals surface area contributed by atoms with Crippen LogP contribution in [0.25, 0.3) is 16.7 Å². The Kier molecular flexibility index (Phi) is 5.29. The number of fused-ring (bicyclic) bond motifs is 3. The van der Waals surface area contributed by atoms with Crippen LogP contribution in [0.2, 0.25) is 0 Å². The highest BCUT2D eigenvalue weighted by atomic mass is 32.1. The Morgan fingerprint density at radius 3 is 1.44 bits per heavy atom. The second-order valence-electron chi connectivity index (χ2n) is 7.56. The standard InChI is InChI=1S/C19H10N6O10S/c1-20-17(26)16(18(36)21(2)19(20)27)13-9-3-7(22(28)29)5-11(24(32)33)14(9)15-10(13)4-8(23(30)31)6-12(15)25(34)35/h3-6H,1-2H3. The molecule has 1 aliphatic carbocycles. The van der Waals surface area contributed by atoms with E-state index >= 15 is 0 Å². The number of nitro benzene ring substituents is 4. The molecule has 1 aliphatic heterocycles. The molecule has 3 amide bonds. The van der Waals surface area contributed by atoms with E-state index in [4.69, 9.17) is 12.2 Å². The topological polar surface area (TPSA) is 213 Å². The summed E-state index contributed by atoms with van der Waals surface area (Å²) in [6.45, 7) is 0. The summed E-state index contributed by atoms with van der Waals surface area (Å²) in [5, 5.41) is 46.9. The van der Waals surface area contributed by atoms with E-state index in [1.807, 2.05) is 0 Å². The predicted octanol–water partition coefficient (Wildman–Crippen LogP) is 2.95. The molecule has 17 heteroatoms. The van der Waals surface area contributed by atoms with Gasteiger partial charge in [-0.3, -0.25) is 55.1 Å². The van der Waals surface area contributed by atoms with Crippen LogP contribution < -0.4 is 0 Å². The summed E-state index contributed by atoms with van der Waals surface area (Å²) in [4.78, 5) is 69.6. The summed E-state index contributed by atoms with van der Waals surface area (Å²) in [5.74, 6) is -1.01. The molecule has 1 heterocycles. The Morgan fingerprint density at radius 2 is 1.08 bits per heavy atom. The molecule has 2 aromatic rings. The molecule has 36 heavy (non-hydrogen) atoms. The lowest BCUT2D eigenvalue weighted by atomic mass is 9.94. The first kappa shape index (κ1) is 24.0. The van der Waals surface area contributed by atoms with E-state index in [9.17, 15) is 50.0 Å². The van der Waals surface area contributed by atoms with Gasteiger partial charge in [-0.15, -0.1) is 0 Å². The van der Waals surface area contributed by atoms with Crippen molar-refractivity contribution in [1.29, 1.82) is 0 Å². The number of carbonyl (C=O) groups is 2. The third-order valence-corrected chi connectivity index (χ3v) is 6.15. The minimum atomic E-state index is -1.01. The number of rotatable bonds is 4. The van der Waals surface area contributed by atoms with Gasteiger partial charge >= 0.3 is 6.03 Å². The fraction of sp³-hybridized carbons (Fsp3) is 0.105. The number of hydrogen-bond acceptors (Lipinski definition) is 11. The third-order valence-electron chi connectivity index (χ3n) is 5.67. The largest absolute Gasteiger partial charge is 0.331 e. The lowest BCUT2D eigenvalue weighted by Crippen LogP contribution is -2.52. The number of likely N-dealkylation sites (N-methyl/N-ethyl adjacent to an activating group) is 2. The maximum atomic E-state index is 13.2. The Hall–Kier alpha value is -5.19. The van der Waals surface area contributed by atoms with Gasteiger partial charge in [0.2, 0.25) is 0 Å². The molecule has 0 radical (unpaired) electrons. The average molecular weight is 514 g/mol. The van der Waals surface area contributed by atoms with Gasteiger partial charge in [-0.05, 0) is 0 Å². The van der Waals surface area contributed by atoms with Gasteiger partial charge in [0.25, 0.3) is 28.7 Å². The van der Waals surface area contributed by atoms with Gasteiger partial charge in [0, 0.05) is 42.9 Å². The van der Waals surface area contributed by atoms with Gasteiger partial charge in [-0.2, -0.15) is 0 Å². The Morgan fingerprint density at radius 1 is 0.667 bits per heavy atom. The van der Waals surface area contributed by atoms with E-state index in [1.54, 1.807) is 0 Å². The van der Waals surface area contributed by atoms with Crippen LogP contribution in [0.5, 0.6) is 0 Å². The molecule has 2 aromatic carbocycles. The normalized spacial score (nSPS) is 14.7. The number of nitrogens with zero attached hydrogens (tertiary/aromatic N) is 6. The first-order valence-corrected chi connectivity index (χ1v) is 9.97. The Bertz CT molecular complexity index is 1440. The van der Waals surface area contributed by atoms with Crippen LogP contribution in [0.1, 0.15) is 11.1 Å². The van der Waals surface area contributed by atoms with Gasteiger partial charge in [-0.25, -0.2) is 4.79 Å². The van der Waals surface area contributed by atoms with Crippen LogP contribution in [0.4, 0.5) is 27.5 Å². The lowest BCUT2D eigenvalue weighted by molar-refractivity contribution is -0.395. The minimum Gasteiger partial charge on any atom is -0.287 e. The fourth-order valence-electron chi connectivity index (χ4n) is 4.10. The van der Waals surface area contributed by atoms with Crippen molar-refractivity contribution in [2.45, 2.75) is 0 Å². The molecule has 0 N–H and O–H groups in total. The molecule has 0 bridgehead atoms. The highest BCUT2D eigenvalue weighted by Gasteiger charge is 2.45. The molecule has 0 unspecified atom stereocenters. The maximum absolute atomic E-state index is 13.2. The molecule has 0 saturated carbocycles. The molecule has 0 atom stereocenters. The number of benzene rings is 2. The molecule has 1 saturated heterocycles. The highest BCUT2D eigenvalue weighted by molar-refractivity contribution is 7.81. The number of non-ortho nitro benzene ring substituents is 2. The summed E-state index contributed by atoms with van der Waals surface area (Å²) >= 11 is 5.25. The van der Waals surface area contributed by atoms with Crippen molar-refractivity contribution in [2.75, 3.05) is 14.1 Å². The maximum Gasteiger partial charge on any atom is 0.331 e. The average Bonchev–Trinajstić information content (AvgIpc) is 3.14. The van der Waals surface area contributed by atoms with Crippen LogP contribution >= 0.6 is 12.2 Å². The van der Waals surface area contributed by atoms with E-state index in [-0.39, 0.29) is 21.7 Å². The quantitative estimate of drug-likeness (QED) is 0.213. The van der Waals surface area contributed by atoms with E-state index in [0.717, 1.165) is 24.1 Å². The zero-order chi connectivity index (χ0) is 26.8. The second kappa shape index (κ2) is 7.94. The summed E-state index contributed by atoms with van der Waals surface area (Å²) in [6.07, 6.45) is 0. The Labute approximate surface area is 203 Å². The summed E-state index contributed by atoms with van der Waals surface area (Å²) in [7, 11) is 2.32. The monoisotopic (exact) mass is 514 g/mol. The number of nitro groups is 4. The van der Waals surface area contributed by atoms with Gasteiger partial charge in [-0.1, -0.05) is 12.2 Å². The van der Waals surface area contributed by atoms with E-state index in [1.165, 1.54) is 7.05 Å². The van der Waals surface area contributed by atoms with Crippen molar-refractivity contribution in [3.8, 4) is 11.1 Å². The predicted molar refractivity (Wildman–Crippen MR) is 123 cm³/mol. The zero-order valence-electron chi connectivity index (χ0n) is 18.0. The molecule has 16 nitrogen and oxygen atoms in total. The number of imide groups is 1. The van der Waals surface area contributed by atoms with Gasteiger partial charge < -0.3 is 0 Å². The van der Waals surface area contributed by atoms with Crippen molar-refractivity contribution in [1.82, 2.24) is 9.80 Å². The highest BCUT2D eigenvalue weighted by Crippen LogP contribution is 2.55. The third kappa shape index (κ3) is 3.25. The van der Waals surface area contributed by atoms with E-state index < -0.39 is 71.1 Å². The van der Waals surface area contributed by atoms with Crippen molar-refractivity contribution in [2.24, 2.45) is 0 Å². The fourth-order valence-corrected chi connectivity index (χ4v) is 4.36. The number of hydrogen-bond donors (Lipinski definition) is 0. The summed E-state index contributed by atoms with van der Waals surface area (Å²) < 4.78 is 0. The van der Waals surface area contributed by atoms with Crippen molar-refractivity contribution in [3.63, 3.8) is 0 Å². The number of urea groups is 1. The van der Waals surface area contributed by atoms with Crippen LogP contribution in [-0.4, -0.2) is 60.5 Å².